The van der Waals surface area contributed by atoms with Crippen LogP contribution in [0, 0.1) is 19.8 Å². The highest BCUT2D eigenvalue weighted by molar-refractivity contribution is 7.89. The minimum Gasteiger partial charge on any atom is -0.326 e. The van der Waals surface area contributed by atoms with Gasteiger partial charge in [-0.1, -0.05) is 17.4 Å². The Morgan fingerprint density at radius 3 is 2.47 bits per heavy atom. The summed E-state index contributed by atoms with van der Waals surface area (Å²) in [6.45, 7) is 7.03. The summed E-state index contributed by atoms with van der Waals surface area (Å²) in [5, 5.41) is 2.96. The fourth-order valence-electron chi connectivity index (χ4n) is 4.08. The molecule has 9 heteroatoms. The van der Waals surface area contributed by atoms with Crippen molar-refractivity contribution >= 4 is 43.2 Å². The second-order valence-corrected chi connectivity index (χ2v) is 11.1. The van der Waals surface area contributed by atoms with E-state index >= 15 is 0 Å². The van der Waals surface area contributed by atoms with Crippen molar-refractivity contribution in [1.82, 2.24) is 8.87 Å². The van der Waals surface area contributed by atoms with Gasteiger partial charge in [0, 0.05) is 31.2 Å². The summed E-state index contributed by atoms with van der Waals surface area (Å²) in [6, 6.07) is 10.7. The molecule has 3 aromatic rings. The zero-order valence-corrected chi connectivity index (χ0v) is 20.1. The topological polar surface area (TPSA) is 88.5 Å². The Morgan fingerprint density at radius 2 is 1.81 bits per heavy atom. The molecule has 0 bridgehead atoms. The Bertz CT molecular complexity index is 1330. The first kappa shape index (κ1) is 22.7. The Kier molecular flexibility index (Phi) is 6.24. The molecule has 1 amide bonds. The molecular weight excluding hydrogens is 446 g/mol. The number of aromatic nitrogens is 1. The molecule has 0 saturated carbocycles. The Labute approximate surface area is 191 Å². The largest absolute Gasteiger partial charge is 0.326 e. The van der Waals surface area contributed by atoms with Crippen LogP contribution in [0.25, 0.3) is 10.2 Å². The number of hydrogen-bond acceptors (Lipinski definition) is 5. The zero-order valence-electron chi connectivity index (χ0n) is 18.4. The van der Waals surface area contributed by atoms with Gasteiger partial charge in [-0.2, -0.15) is 4.31 Å². The number of rotatable bonds is 5. The number of fused-ring (bicyclic) bond motifs is 1. The van der Waals surface area contributed by atoms with E-state index in [0.717, 1.165) is 28.1 Å². The maximum Gasteiger partial charge on any atom is 0.308 e. The van der Waals surface area contributed by atoms with Crippen molar-refractivity contribution in [3.63, 3.8) is 0 Å². The maximum absolute atomic E-state index is 13.2. The zero-order chi connectivity index (χ0) is 23.0. The summed E-state index contributed by atoms with van der Waals surface area (Å²) in [4.78, 5) is 24.9. The molecule has 1 saturated heterocycles. The lowest BCUT2D eigenvalue weighted by Gasteiger charge is -2.30. The highest BCUT2D eigenvalue weighted by Crippen LogP contribution is 2.28. The first-order valence-electron chi connectivity index (χ1n) is 10.7. The molecule has 1 aliphatic rings. The standard InChI is InChI=1S/C23H27N3O4S2/c1-4-26-20-8-7-19(14-21(20)31-23(26)28)32(29,30)25-11-9-17(10-12-25)22(27)24-18-6-5-15(2)16(3)13-18/h5-8,13-14,17H,4,9-12H2,1-3H3,(H,24,27). The number of piperidine rings is 1. The van der Waals surface area contributed by atoms with E-state index in [1.807, 2.05) is 39.0 Å². The van der Waals surface area contributed by atoms with E-state index in [9.17, 15) is 18.0 Å². The molecule has 1 aliphatic heterocycles. The van der Waals surface area contributed by atoms with Crippen LogP contribution in [0.15, 0.2) is 46.1 Å². The Hall–Kier alpha value is -2.49. The molecule has 0 atom stereocenters. The highest BCUT2D eigenvalue weighted by atomic mass is 32.2. The Balaban J connectivity index is 1.45. The van der Waals surface area contributed by atoms with Crippen molar-refractivity contribution in [3.05, 3.63) is 57.2 Å². The quantitative estimate of drug-likeness (QED) is 0.611. The van der Waals surface area contributed by atoms with Gasteiger partial charge >= 0.3 is 4.87 Å². The van der Waals surface area contributed by atoms with Gasteiger partial charge in [-0.15, -0.1) is 0 Å². The average Bonchev–Trinajstić information content (AvgIpc) is 3.10. The number of thiazole rings is 1. The number of sulfonamides is 1. The Morgan fingerprint density at radius 1 is 1.09 bits per heavy atom. The van der Waals surface area contributed by atoms with Gasteiger partial charge in [-0.05, 0) is 75.1 Å². The normalized spacial score (nSPS) is 15.8. The highest BCUT2D eigenvalue weighted by Gasteiger charge is 2.32. The minimum atomic E-state index is -3.69. The first-order chi connectivity index (χ1) is 15.2. The number of hydrogen-bond donors (Lipinski definition) is 1. The molecule has 0 aliphatic carbocycles. The van der Waals surface area contributed by atoms with Crippen LogP contribution in [0.3, 0.4) is 0 Å². The van der Waals surface area contributed by atoms with Crippen LogP contribution in [0.1, 0.15) is 30.9 Å². The molecule has 32 heavy (non-hydrogen) atoms. The molecule has 4 rings (SSSR count). The van der Waals surface area contributed by atoms with Crippen molar-refractivity contribution in [1.29, 1.82) is 0 Å². The number of amides is 1. The minimum absolute atomic E-state index is 0.0719. The van der Waals surface area contributed by atoms with Crippen molar-refractivity contribution in [2.45, 2.75) is 45.1 Å². The van der Waals surface area contributed by atoms with Crippen molar-refractivity contribution < 1.29 is 13.2 Å². The lowest BCUT2D eigenvalue weighted by molar-refractivity contribution is -0.120. The average molecular weight is 474 g/mol. The molecular formula is C23H27N3O4S2. The summed E-state index contributed by atoms with van der Waals surface area (Å²) in [5.74, 6) is -0.299. The fourth-order valence-corrected chi connectivity index (χ4v) is 6.64. The lowest BCUT2D eigenvalue weighted by atomic mass is 9.97. The molecule has 2 aromatic carbocycles. The molecule has 0 spiro atoms. The SMILES string of the molecule is CCn1c(=O)sc2cc(S(=O)(=O)N3CCC(C(=O)Nc4ccc(C)c(C)c4)CC3)ccc21. The van der Waals surface area contributed by atoms with E-state index in [4.69, 9.17) is 0 Å². The molecule has 7 nitrogen and oxygen atoms in total. The van der Waals surface area contributed by atoms with Gasteiger partial charge in [0.15, 0.2) is 0 Å². The number of benzene rings is 2. The van der Waals surface area contributed by atoms with Crippen LogP contribution in [-0.2, 0) is 21.4 Å². The molecule has 0 radical (unpaired) electrons. The third-order valence-electron chi connectivity index (χ3n) is 6.19. The van der Waals surface area contributed by atoms with Crippen molar-refractivity contribution in [2.75, 3.05) is 18.4 Å². The van der Waals surface area contributed by atoms with Gasteiger partial charge in [0.2, 0.25) is 15.9 Å². The summed E-state index contributed by atoms with van der Waals surface area (Å²) >= 11 is 1.06. The van der Waals surface area contributed by atoms with Crippen LogP contribution >= 0.6 is 11.3 Å². The van der Waals surface area contributed by atoms with Crippen LogP contribution in [0.4, 0.5) is 5.69 Å². The number of nitrogens with one attached hydrogen (secondary N) is 1. The van der Waals surface area contributed by atoms with E-state index in [-0.39, 0.29) is 34.7 Å². The molecule has 0 unspecified atom stereocenters. The van der Waals surface area contributed by atoms with E-state index in [0.29, 0.717) is 24.1 Å². The van der Waals surface area contributed by atoms with Gasteiger partial charge in [0.1, 0.15) is 0 Å². The predicted octanol–water partition coefficient (Wildman–Crippen LogP) is 3.74. The number of carbonyl (C=O) groups is 1. The monoisotopic (exact) mass is 473 g/mol. The van der Waals surface area contributed by atoms with Crippen LogP contribution < -0.4 is 10.2 Å². The van der Waals surface area contributed by atoms with Crippen molar-refractivity contribution in [2.24, 2.45) is 5.92 Å². The second kappa shape index (κ2) is 8.80. The van der Waals surface area contributed by atoms with E-state index in [2.05, 4.69) is 5.32 Å². The molecule has 1 aromatic heterocycles. The second-order valence-electron chi connectivity index (χ2n) is 8.21. The van der Waals surface area contributed by atoms with Crippen LogP contribution in [0.5, 0.6) is 0 Å². The number of carbonyl (C=O) groups excluding carboxylic acids is 1. The predicted molar refractivity (Wildman–Crippen MR) is 128 cm³/mol. The molecule has 170 valence electrons. The number of aryl methyl sites for hydroxylation is 3. The van der Waals surface area contributed by atoms with Gasteiger partial charge in [0.25, 0.3) is 0 Å². The van der Waals surface area contributed by atoms with Gasteiger partial charge in [0.05, 0.1) is 15.1 Å². The van der Waals surface area contributed by atoms with Gasteiger partial charge < -0.3 is 5.32 Å². The summed E-state index contributed by atoms with van der Waals surface area (Å²) in [7, 11) is -3.69. The smallest absolute Gasteiger partial charge is 0.308 e. The summed E-state index contributed by atoms with van der Waals surface area (Å²) < 4.78 is 30.1. The first-order valence-corrected chi connectivity index (χ1v) is 13.0. The van der Waals surface area contributed by atoms with Gasteiger partial charge in [-0.25, -0.2) is 8.42 Å². The fraction of sp³-hybridized carbons (Fsp3) is 0.391. The molecule has 1 N–H and O–H groups in total. The maximum atomic E-state index is 13.2. The van der Waals surface area contributed by atoms with Crippen molar-refractivity contribution in [3.8, 4) is 0 Å². The summed E-state index contributed by atoms with van der Waals surface area (Å²) in [6.07, 6.45) is 0.940. The summed E-state index contributed by atoms with van der Waals surface area (Å²) in [5.41, 5.74) is 3.79. The van der Waals surface area contributed by atoms with E-state index in [1.54, 1.807) is 22.8 Å². The van der Waals surface area contributed by atoms with Gasteiger partial charge in [-0.3, -0.25) is 14.2 Å². The van der Waals surface area contributed by atoms with Crippen LogP contribution in [0.2, 0.25) is 0 Å². The number of nitrogens with zero attached hydrogens (tertiary/aromatic N) is 2. The van der Waals surface area contributed by atoms with E-state index < -0.39 is 10.0 Å². The molecule has 1 fully saturated rings. The van der Waals surface area contributed by atoms with E-state index in [1.165, 1.54) is 9.87 Å². The molecule has 2 heterocycles. The third kappa shape index (κ3) is 4.24. The number of anilines is 1. The third-order valence-corrected chi connectivity index (χ3v) is 9.03. The lowest BCUT2D eigenvalue weighted by Crippen LogP contribution is -2.41. The van der Waals surface area contributed by atoms with Crippen LogP contribution in [-0.4, -0.2) is 36.3 Å².